The third-order valence-corrected chi connectivity index (χ3v) is 4.35. The minimum atomic E-state index is 0.0285. The van der Waals surface area contributed by atoms with E-state index in [2.05, 4.69) is 11.4 Å². The van der Waals surface area contributed by atoms with Crippen LogP contribution in [0.15, 0.2) is 60.7 Å². The molecular weight excluding hydrogens is 326 g/mol. The summed E-state index contributed by atoms with van der Waals surface area (Å²) in [4.78, 5) is 12.2. The van der Waals surface area contributed by atoms with Crippen LogP contribution >= 0.6 is 0 Å². The van der Waals surface area contributed by atoms with Gasteiger partial charge in [-0.2, -0.15) is 0 Å². The first-order valence-electron chi connectivity index (χ1n) is 8.69. The molecule has 0 aliphatic rings. The summed E-state index contributed by atoms with van der Waals surface area (Å²) in [5.41, 5.74) is 1.96. The lowest BCUT2D eigenvalue weighted by Gasteiger charge is -2.10. The van der Waals surface area contributed by atoms with Crippen LogP contribution in [-0.4, -0.2) is 20.1 Å². The van der Waals surface area contributed by atoms with Crippen LogP contribution in [0.1, 0.15) is 18.4 Å². The molecule has 134 valence electrons. The van der Waals surface area contributed by atoms with Gasteiger partial charge >= 0.3 is 0 Å². The van der Waals surface area contributed by atoms with E-state index in [1.165, 1.54) is 5.39 Å². The molecule has 26 heavy (non-hydrogen) atoms. The normalized spacial score (nSPS) is 10.5. The Morgan fingerprint density at radius 1 is 0.885 bits per heavy atom. The molecular formula is C22H23NO3. The summed E-state index contributed by atoms with van der Waals surface area (Å²) in [6, 6.07) is 19.9. The molecule has 3 rings (SSSR count). The van der Waals surface area contributed by atoms with Crippen LogP contribution in [0.2, 0.25) is 0 Å². The quantitative estimate of drug-likeness (QED) is 0.665. The largest absolute Gasteiger partial charge is 0.493 e. The van der Waals surface area contributed by atoms with Crippen LogP contribution in [0.5, 0.6) is 11.5 Å². The lowest BCUT2D eigenvalue weighted by atomic mass is 10.1. The first-order chi connectivity index (χ1) is 12.7. The summed E-state index contributed by atoms with van der Waals surface area (Å²) >= 11 is 0. The van der Waals surface area contributed by atoms with E-state index in [4.69, 9.17) is 9.47 Å². The number of carbonyl (C=O) groups is 1. The highest BCUT2D eigenvalue weighted by atomic mass is 16.5. The molecule has 0 aliphatic heterocycles. The highest BCUT2D eigenvalue weighted by Crippen LogP contribution is 2.28. The zero-order valence-corrected chi connectivity index (χ0v) is 15.1. The Morgan fingerprint density at radius 2 is 1.65 bits per heavy atom. The maximum Gasteiger partial charge on any atom is 0.224 e. The number of anilines is 1. The summed E-state index contributed by atoms with van der Waals surface area (Å²) < 4.78 is 10.6. The van der Waals surface area contributed by atoms with Gasteiger partial charge in [-0.3, -0.25) is 4.79 Å². The number of aryl methyl sites for hydroxylation is 1. The van der Waals surface area contributed by atoms with Crippen molar-refractivity contribution >= 4 is 22.4 Å². The van der Waals surface area contributed by atoms with E-state index >= 15 is 0 Å². The SMILES string of the molecule is COc1ccc(CCCC(=O)Nc2ccc3ccccc3c2)cc1OC. The number of nitrogens with one attached hydrogen (secondary N) is 1. The molecule has 4 nitrogen and oxygen atoms in total. The van der Waals surface area contributed by atoms with Crippen LogP contribution in [0.25, 0.3) is 10.8 Å². The number of hydrogen-bond acceptors (Lipinski definition) is 3. The second kappa shape index (κ2) is 8.39. The van der Waals surface area contributed by atoms with Gasteiger partial charge in [0.05, 0.1) is 14.2 Å². The van der Waals surface area contributed by atoms with Gasteiger partial charge < -0.3 is 14.8 Å². The van der Waals surface area contributed by atoms with E-state index in [9.17, 15) is 4.79 Å². The Bertz CT molecular complexity index is 905. The van der Waals surface area contributed by atoms with Gasteiger partial charge in [0.1, 0.15) is 0 Å². The number of methoxy groups -OCH3 is 2. The van der Waals surface area contributed by atoms with E-state index in [-0.39, 0.29) is 5.91 Å². The zero-order chi connectivity index (χ0) is 18.4. The number of fused-ring (bicyclic) bond motifs is 1. The number of hydrogen-bond donors (Lipinski definition) is 1. The first-order valence-corrected chi connectivity index (χ1v) is 8.69. The van der Waals surface area contributed by atoms with Crippen molar-refractivity contribution in [2.45, 2.75) is 19.3 Å². The smallest absolute Gasteiger partial charge is 0.224 e. The van der Waals surface area contributed by atoms with Crippen molar-refractivity contribution in [2.75, 3.05) is 19.5 Å². The number of rotatable bonds is 7. The fraction of sp³-hybridized carbons (Fsp3) is 0.227. The molecule has 0 atom stereocenters. The first kappa shape index (κ1) is 17.8. The monoisotopic (exact) mass is 349 g/mol. The van der Waals surface area contributed by atoms with Gasteiger partial charge in [0.25, 0.3) is 0 Å². The number of carbonyl (C=O) groups excluding carboxylic acids is 1. The van der Waals surface area contributed by atoms with Gasteiger partial charge in [0.15, 0.2) is 11.5 Å². The van der Waals surface area contributed by atoms with Crippen molar-refractivity contribution in [3.05, 3.63) is 66.2 Å². The Labute approximate surface area is 153 Å². The van der Waals surface area contributed by atoms with Gasteiger partial charge in [-0.15, -0.1) is 0 Å². The minimum Gasteiger partial charge on any atom is -0.493 e. The predicted molar refractivity (Wildman–Crippen MR) is 105 cm³/mol. The minimum absolute atomic E-state index is 0.0285. The van der Waals surface area contributed by atoms with E-state index in [0.29, 0.717) is 17.9 Å². The molecule has 0 unspecified atom stereocenters. The Morgan fingerprint density at radius 3 is 2.42 bits per heavy atom. The van der Waals surface area contributed by atoms with Gasteiger partial charge in [-0.1, -0.05) is 36.4 Å². The third kappa shape index (κ3) is 4.33. The summed E-state index contributed by atoms with van der Waals surface area (Å²) in [6.45, 7) is 0. The molecule has 0 aliphatic carbocycles. The van der Waals surface area contributed by atoms with Gasteiger partial charge in [0, 0.05) is 12.1 Å². The fourth-order valence-corrected chi connectivity index (χ4v) is 2.98. The molecule has 3 aromatic carbocycles. The van der Waals surface area contributed by atoms with Gasteiger partial charge in [-0.05, 0) is 53.4 Å². The zero-order valence-electron chi connectivity index (χ0n) is 15.1. The number of ether oxygens (including phenoxy) is 2. The van der Waals surface area contributed by atoms with Crippen molar-refractivity contribution in [3.63, 3.8) is 0 Å². The average molecular weight is 349 g/mol. The molecule has 0 spiro atoms. The summed E-state index contributed by atoms with van der Waals surface area (Å²) in [5.74, 6) is 1.46. The molecule has 0 saturated carbocycles. The van der Waals surface area contributed by atoms with Crippen LogP contribution in [0.3, 0.4) is 0 Å². The topological polar surface area (TPSA) is 47.6 Å². The van der Waals surface area contributed by atoms with Crippen molar-refractivity contribution in [1.29, 1.82) is 0 Å². The second-order valence-electron chi connectivity index (χ2n) is 6.15. The van der Waals surface area contributed by atoms with Crippen LogP contribution in [-0.2, 0) is 11.2 Å². The summed E-state index contributed by atoms with van der Waals surface area (Å²) in [7, 11) is 3.24. The Kier molecular flexibility index (Phi) is 5.74. The standard InChI is InChI=1S/C22H23NO3/c1-25-20-13-10-16(14-21(20)26-2)6-5-9-22(24)23-19-12-11-17-7-3-4-8-18(17)15-19/h3-4,7-8,10-15H,5-6,9H2,1-2H3,(H,23,24). The molecule has 0 saturated heterocycles. The molecule has 4 heteroatoms. The van der Waals surface area contributed by atoms with Crippen molar-refractivity contribution in [1.82, 2.24) is 0 Å². The van der Waals surface area contributed by atoms with Crippen molar-refractivity contribution < 1.29 is 14.3 Å². The summed E-state index contributed by atoms with van der Waals surface area (Å²) in [6.07, 6.45) is 2.06. The molecule has 1 amide bonds. The van der Waals surface area contributed by atoms with Crippen LogP contribution in [0, 0.1) is 0 Å². The van der Waals surface area contributed by atoms with E-state index < -0.39 is 0 Å². The lowest BCUT2D eigenvalue weighted by Crippen LogP contribution is -2.11. The van der Waals surface area contributed by atoms with E-state index in [0.717, 1.165) is 29.5 Å². The third-order valence-electron chi connectivity index (χ3n) is 4.35. The van der Waals surface area contributed by atoms with E-state index in [1.807, 2.05) is 54.6 Å². The van der Waals surface area contributed by atoms with Crippen LogP contribution in [0.4, 0.5) is 5.69 Å². The maximum absolute atomic E-state index is 12.2. The molecule has 1 N–H and O–H groups in total. The Hall–Kier alpha value is -3.01. The lowest BCUT2D eigenvalue weighted by molar-refractivity contribution is -0.116. The number of benzene rings is 3. The fourth-order valence-electron chi connectivity index (χ4n) is 2.98. The molecule has 0 fully saturated rings. The molecule has 0 radical (unpaired) electrons. The number of amides is 1. The van der Waals surface area contributed by atoms with Crippen molar-refractivity contribution in [2.24, 2.45) is 0 Å². The molecule has 0 bridgehead atoms. The molecule has 0 heterocycles. The van der Waals surface area contributed by atoms with E-state index in [1.54, 1.807) is 14.2 Å². The molecule has 0 aromatic heterocycles. The van der Waals surface area contributed by atoms with Crippen LogP contribution < -0.4 is 14.8 Å². The average Bonchev–Trinajstić information content (AvgIpc) is 2.67. The molecule has 3 aromatic rings. The summed E-state index contributed by atoms with van der Waals surface area (Å²) in [5, 5.41) is 5.26. The predicted octanol–water partition coefficient (Wildman–Crippen LogP) is 4.82. The Balaban J connectivity index is 1.53. The second-order valence-corrected chi connectivity index (χ2v) is 6.15. The highest BCUT2D eigenvalue weighted by Gasteiger charge is 2.07. The van der Waals surface area contributed by atoms with Crippen molar-refractivity contribution in [3.8, 4) is 11.5 Å². The maximum atomic E-state index is 12.2. The highest BCUT2D eigenvalue weighted by molar-refractivity contribution is 5.94. The van der Waals surface area contributed by atoms with Gasteiger partial charge in [-0.25, -0.2) is 0 Å². The van der Waals surface area contributed by atoms with Gasteiger partial charge in [0.2, 0.25) is 5.91 Å².